The maximum atomic E-state index is 6.82. The molecule has 0 aromatic heterocycles. The van der Waals surface area contributed by atoms with Crippen molar-refractivity contribution >= 4 is 8.32 Å². The number of unbranched alkanes of at least 4 members (excludes halogenated alkanes) is 1. The van der Waals surface area contributed by atoms with Crippen LogP contribution in [0.1, 0.15) is 47.0 Å². The first kappa shape index (κ1) is 24.0. The van der Waals surface area contributed by atoms with Crippen LogP contribution in [-0.4, -0.2) is 67.1 Å². The number of rotatable bonds is 14. The Morgan fingerprint density at radius 3 is 2.12 bits per heavy atom. The second-order valence-electron chi connectivity index (χ2n) is 8.51. The lowest BCUT2D eigenvalue weighted by molar-refractivity contribution is -0.170. The molecule has 0 amide bonds. The monoisotopic (exact) mass is 392 g/mol. The summed E-state index contributed by atoms with van der Waals surface area (Å²) in [6.07, 6.45) is 2.59. The van der Waals surface area contributed by atoms with Crippen LogP contribution in [0.15, 0.2) is 0 Å². The molecule has 0 aromatic rings. The van der Waals surface area contributed by atoms with Gasteiger partial charge < -0.3 is 28.1 Å². The van der Waals surface area contributed by atoms with Crippen molar-refractivity contribution in [3.05, 3.63) is 0 Å². The summed E-state index contributed by atoms with van der Waals surface area (Å²) in [5.41, 5.74) is 0. The number of hydrogen-bond donors (Lipinski definition) is 0. The molecule has 1 saturated heterocycles. The third kappa shape index (κ3) is 7.54. The molecule has 156 valence electrons. The highest BCUT2D eigenvalue weighted by molar-refractivity contribution is 6.74. The molecule has 1 aliphatic heterocycles. The molecule has 0 spiro atoms. The van der Waals surface area contributed by atoms with Crippen LogP contribution in [0, 0.1) is 0 Å². The van der Waals surface area contributed by atoms with E-state index in [2.05, 4.69) is 40.8 Å². The fourth-order valence-corrected chi connectivity index (χ4v) is 3.90. The third-order valence-corrected chi connectivity index (χ3v) is 9.75. The topological polar surface area (TPSA) is 58.7 Å². The van der Waals surface area contributed by atoms with Gasteiger partial charge in [0.2, 0.25) is 0 Å². The molecule has 26 heavy (non-hydrogen) atoms. The van der Waals surface area contributed by atoms with Gasteiger partial charge in [-0.1, -0.05) is 40.5 Å². The summed E-state index contributed by atoms with van der Waals surface area (Å²) < 4.78 is 34.8. The van der Waals surface area contributed by atoms with Gasteiger partial charge in [-0.15, -0.1) is 0 Å². The minimum Gasteiger partial charge on any atom is -0.409 e. The van der Waals surface area contributed by atoms with Crippen LogP contribution in [0.5, 0.6) is 0 Å². The van der Waals surface area contributed by atoms with Gasteiger partial charge in [-0.25, -0.2) is 0 Å². The average molecular weight is 393 g/mol. The highest BCUT2D eigenvalue weighted by atomic mass is 28.4. The molecule has 0 saturated carbocycles. The van der Waals surface area contributed by atoms with Gasteiger partial charge in [0.25, 0.3) is 0 Å². The Kier molecular flexibility index (Phi) is 10.2. The molecular formula is C19H40O6Si. The predicted octanol–water partition coefficient (Wildman–Crippen LogP) is 3.94. The fourth-order valence-electron chi connectivity index (χ4n) is 2.58. The van der Waals surface area contributed by atoms with E-state index < -0.39 is 8.32 Å². The summed E-state index contributed by atoms with van der Waals surface area (Å²) in [5, 5.41) is 0.0953. The summed E-state index contributed by atoms with van der Waals surface area (Å²) in [5.74, 6) is 0. The summed E-state index contributed by atoms with van der Waals surface area (Å²) >= 11 is 0. The third-order valence-electron chi connectivity index (χ3n) is 5.27. The van der Waals surface area contributed by atoms with Gasteiger partial charge >= 0.3 is 0 Å². The molecule has 0 aromatic carbocycles. The lowest BCUT2D eigenvalue weighted by Crippen LogP contribution is -2.54. The zero-order chi connectivity index (χ0) is 19.8. The second-order valence-corrected chi connectivity index (χ2v) is 13.3. The lowest BCUT2D eigenvalue weighted by Gasteiger charge is -2.43. The summed E-state index contributed by atoms with van der Waals surface area (Å²) in [6.45, 7) is 14.6. The van der Waals surface area contributed by atoms with Gasteiger partial charge in [-0.05, 0) is 24.6 Å². The molecule has 0 bridgehead atoms. The molecule has 0 N–H and O–H groups in total. The van der Waals surface area contributed by atoms with E-state index in [9.17, 15) is 0 Å². The van der Waals surface area contributed by atoms with Crippen LogP contribution in [-0.2, 0) is 28.1 Å². The van der Waals surface area contributed by atoms with E-state index in [-0.39, 0.29) is 43.0 Å². The highest BCUT2D eigenvalue weighted by Gasteiger charge is 2.48. The van der Waals surface area contributed by atoms with Crippen molar-refractivity contribution in [1.82, 2.24) is 0 Å². The van der Waals surface area contributed by atoms with Crippen molar-refractivity contribution in [2.24, 2.45) is 0 Å². The molecule has 0 unspecified atom stereocenters. The zero-order valence-corrected chi connectivity index (χ0v) is 19.0. The van der Waals surface area contributed by atoms with Crippen molar-refractivity contribution in [2.75, 3.05) is 34.4 Å². The standard InChI is InChI=1S/C19H40O6Si/c1-9-10-11-15(23-13-20-5)18(25-26(7,8)19(2,3)4)17(16-12-22-16)24-14-21-6/h15-18H,9-14H2,1-8H3/t15-,16+,17+,18+/m0/s1. The normalized spacial score (nSPS) is 21.5. The Morgan fingerprint density at radius 1 is 1.08 bits per heavy atom. The molecule has 7 heteroatoms. The molecular weight excluding hydrogens is 352 g/mol. The SMILES string of the molecule is CCCC[C@H](OCOC)[C@@H](O[Si](C)(C)C(C)(C)C)[C@H](OCOC)[C@H]1CO1. The van der Waals surface area contributed by atoms with Gasteiger partial charge in [-0.3, -0.25) is 0 Å². The Bertz CT molecular complexity index is 373. The van der Waals surface area contributed by atoms with E-state index in [1.807, 2.05) is 0 Å². The summed E-state index contributed by atoms with van der Waals surface area (Å²) in [7, 11) is 1.25. The number of hydrogen-bond acceptors (Lipinski definition) is 6. The van der Waals surface area contributed by atoms with E-state index in [0.717, 1.165) is 19.3 Å². The fraction of sp³-hybridized carbons (Fsp3) is 1.00. The Labute approximate surface area is 160 Å². The highest BCUT2D eigenvalue weighted by Crippen LogP contribution is 2.40. The van der Waals surface area contributed by atoms with Crippen LogP contribution in [0.3, 0.4) is 0 Å². The van der Waals surface area contributed by atoms with Gasteiger partial charge in [0.05, 0.1) is 12.7 Å². The summed E-state index contributed by atoms with van der Waals surface area (Å²) in [4.78, 5) is 0. The lowest BCUT2D eigenvalue weighted by atomic mass is 10.0. The second kappa shape index (κ2) is 11.1. The van der Waals surface area contributed by atoms with Crippen molar-refractivity contribution in [1.29, 1.82) is 0 Å². The number of ether oxygens (including phenoxy) is 5. The van der Waals surface area contributed by atoms with Crippen molar-refractivity contribution in [3.8, 4) is 0 Å². The van der Waals surface area contributed by atoms with Gasteiger partial charge in [0.15, 0.2) is 8.32 Å². The first-order chi connectivity index (χ1) is 12.2. The zero-order valence-electron chi connectivity index (χ0n) is 18.0. The maximum Gasteiger partial charge on any atom is 0.192 e. The molecule has 4 atom stereocenters. The number of methoxy groups -OCH3 is 2. The van der Waals surface area contributed by atoms with E-state index >= 15 is 0 Å². The van der Waals surface area contributed by atoms with E-state index in [1.165, 1.54) is 0 Å². The molecule has 0 aliphatic carbocycles. The van der Waals surface area contributed by atoms with Gasteiger partial charge in [0, 0.05) is 14.2 Å². The molecule has 1 rings (SSSR count). The minimum absolute atomic E-state index is 0.0372. The molecule has 0 radical (unpaired) electrons. The van der Waals surface area contributed by atoms with E-state index in [1.54, 1.807) is 14.2 Å². The van der Waals surface area contributed by atoms with Crippen LogP contribution in [0.2, 0.25) is 18.1 Å². The van der Waals surface area contributed by atoms with Crippen LogP contribution < -0.4 is 0 Å². The summed E-state index contributed by atoms with van der Waals surface area (Å²) in [6, 6.07) is 0. The van der Waals surface area contributed by atoms with Crippen molar-refractivity contribution in [3.63, 3.8) is 0 Å². The first-order valence-electron chi connectivity index (χ1n) is 9.68. The van der Waals surface area contributed by atoms with Crippen LogP contribution >= 0.6 is 0 Å². The van der Waals surface area contributed by atoms with Gasteiger partial charge in [-0.2, -0.15) is 0 Å². The van der Waals surface area contributed by atoms with E-state index in [0.29, 0.717) is 6.61 Å². The minimum atomic E-state index is -2.03. The van der Waals surface area contributed by atoms with E-state index in [4.69, 9.17) is 28.1 Å². The Balaban J connectivity index is 3.06. The quantitative estimate of drug-likeness (QED) is 0.253. The Morgan fingerprint density at radius 2 is 1.65 bits per heavy atom. The van der Waals surface area contributed by atoms with Crippen LogP contribution in [0.4, 0.5) is 0 Å². The molecule has 1 fully saturated rings. The smallest absolute Gasteiger partial charge is 0.192 e. The molecule has 1 heterocycles. The van der Waals surface area contributed by atoms with Crippen molar-refractivity contribution in [2.45, 2.75) is 89.5 Å². The molecule has 6 nitrogen and oxygen atoms in total. The molecule has 1 aliphatic rings. The number of epoxide rings is 1. The van der Waals surface area contributed by atoms with Crippen LogP contribution in [0.25, 0.3) is 0 Å². The first-order valence-corrected chi connectivity index (χ1v) is 12.6. The van der Waals surface area contributed by atoms with Gasteiger partial charge in [0.1, 0.15) is 31.9 Å². The van der Waals surface area contributed by atoms with Crippen molar-refractivity contribution < 1.29 is 28.1 Å². The Hall–Kier alpha value is -0.0231. The largest absolute Gasteiger partial charge is 0.409 e. The maximum absolute atomic E-state index is 6.82. The predicted molar refractivity (Wildman–Crippen MR) is 105 cm³/mol. The average Bonchev–Trinajstić information content (AvgIpc) is 3.38.